The number of piperidine rings is 1. The predicted molar refractivity (Wildman–Crippen MR) is 119 cm³/mol. The van der Waals surface area contributed by atoms with Gasteiger partial charge in [0.05, 0.1) is 38.2 Å². The molecule has 0 radical (unpaired) electrons. The lowest BCUT2D eigenvalue weighted by Crippen LogP contribution is -2.43. The van der Waals surface area contributed by atoms with Gasteiger partial charge in [-0.1, -0.05) is 11.6 Å². The van der Waals surface area contributed by atoms with Gasteiger partial charge in [0.15, 0.2) is 5.69 Å². The third-order valence-corrected chi connectivity index (χ3v) is 6.07. The lowest BCUT2D eigenvalue weighted by atomic mass is 10.1. The summed E-state index contributed by atoms with van der Waals surface area (Å²) in [7, 11) is 0. The van der Waals surface area contributed by atoms with Crippen LogP contribution in [0.2, 0.25) is 4.34 Å². The fraction of sp³-hybridized carbons (Fsp3) is 0.250. The van der Waals surface area contributed by atoms with Crippen molar-refractivity contribution in [3.63, 3.8) is 0 Å². The molecule has 3 aromatic heterocycles. The smallest absolute Gasteiger partial charge is 0.276 e. The number of nitrogen functional groups attached to an aromatic ring is 1. The van der Waals surface area contributed by atoms with Crippen molar-refractivity contribution < 1.29 is 4.79 Å². The van der Waals surface area contributed by atoms with Gasteiger partial charge in [-0.05, 0) is 43.2 Å². The minimum absolute atomic E-state index is 0.118. The van der Waals surface area contributed by atoms with Crippen molar-refractivity contribution >= 4 is 45.9 Å². The summed E-state index contributed by atoms with van der Waals surface area (Å²) in [5.41, 5.74) is 14.8. The first-order chi connectivity index (χ1) is 14.0. The second-order valence-electron chi connectivity index (χ2n) is 6.93. The molecule has 4 heterocycles. The summed E-state index contributed by atoms with van der Waals surface area (Å²) in [4.78, 5) is 24.6. The number of nitrogens with zero attached hydrogens (tertiary/aromatic N) is 3. The number of hydrogen-bond donors (Lipinski definition) is 3. The lowest BCUT2D eigenvalue weighted by Gasteiger charge is -2.33. The summed E-state index contributed by atoms with van der Waals surface area (Å²) in [6.45, 7) is 1.62. The summed E-state index contributed by atoms with van der Waals surface area (Å²) >= 11 is 7.41. The summed E-state index contributed by atoms with van der Waals surface area (Å²) in [5, 5.41) is 2.91. The zero-order valence-corrected chi connectivity index (χ0v) is 17.2. The Morgan fingerprint density at radius 1 is 1.28 bits per heavy atom. The molecule has 1 aliphatic rings. The topological polar surface area (TPSA) is 110 Å². The van der Waals surface area contributed by atoms with Crippen LogP contribution < -0.4 is 21.7 Å². The second kappa shape index (κ2) is 8.36. The molecule has 3 aromatic rings. The average molecular weight is 429 g/mol. The summed E-state index contributed by atoms with van der Waals surface area (Å²) in [5.74, 6) is -0.387. The average Bonchev–Trinajstić information content (AvgIpc) is 3.15. The molecule has 1 atom stereocenters. The highest BCUT2D eigenvalue weighted by Crippen LogP contribution is 2.31. The quantitative estimate of drug-likeness (QED) is 0.585. The summed E-state index contributed by atoms with van der Waals surface area (Å²) < 4.78 is 0.657. The molecule has 1 fully saturated rings. The number of halogens is 1. The first kappa shape index (κ1) is 19.6. The Kier molecular flexibility index (Phi) is 5.66. The van der Waals surface area contributed by atoms with Gasteiger partial charge >= 0.3 is 0 Å². The normalized spacial score (nSPS) is 16.6. The van der Waals surface area contributed by atoms with Gasteiger partial charge < -0.3 is 21.7 Å². The number of nitrogens with two attached hydrogens (primary N) is 2. The van der Waals surface area contributed by atoms with Crippen LogP contribution in [0.15, 0.2) is 42.7 Å². The molecule has 150 valence electrons. The molecule has 0 spiro atoms. The predicted octanol–water partition coefficient (Wildman–Crippen LogP) is 3.62. The highest BCUT2D eigenvalue weighted by Gasteiger charge is 2.21. The highest BCUT2D eigenvalue weighted by molar-refractivity contribution is 7.19. The van der Waals surface area contributed by atoms with Crippen LogP contribution in [0.25, 0.3) is 10.6 Å². The van der Waals surface area contributed by atoms with Gasteiger partial charge in [-0.25, -0.2) is 4.98 Å². The van der Waals surface area contributed by atoms with Gasteiger partial charge in [0.1, 0.15) is 0 Å². The minimum Gasteiger partial charge on any atom is -0.397 e. The molecule has 7 nitrogen and oxygen atoms in total. The van der Waals surface area contributed by atoms with Crippen molar-refractivity contribution in [3.05, 3.63) is 52.8 Å². The Morgan fingerprint density at radius 2 is 2.14 bits per heavy atom. The molecule has 5 N–H and O–H groups in total. The summed E-state index contributed by atoms with van der Waals surface area (Å²) in [6.07, 6.45) is 5.35. The van der Waals surface area contributed by atoms with Crippen LogP contribution in [0, 0.1) is 0 Å². The van der Waals surface area contributed by atoms with Crippen LogP contribution in [-0.4, -0.2) is 35.0 Å². The third-order valence-electron chi connectivity index (χ3n) is 4.81. The van der Waals surface area contributed by atoms with Crippen molar-refractivity contribution in [3.8, 4) is 10.6 Å². The van der Waals surface area contributed by atoms with E-state index in [-0.39, 0.29) is 17.6 Å². The molecular weight excluding hydrogens is 408 g/mol. The van der Waals surface area contributed by atoms with Crippen molar-refractivity contribution in [2.75, 3.05) is 29.0 Å². The van der Waals surface area contributed by atoms with E-state index in [1.807, 2.05) is 12.1 Å². The number of pyridine rings is 2. The van der Waals surface area contributed by atoms with Crippen LogP contribution in [0.5, 0.6) is 0 Å². The SMILES string of the molecule is Nc1ccc(-c2ccc(Cl)s2)nc1C(=O)Nc1cnccc1N1CCCC(N)C1. The Bertz CT molecular complexity index is 1040. The molecule has 1 saturated heterocycles. The molecule has 0 saturated carbocycles. The van der Waals surface area contributed by atoms with E-state index < -0.39 is 0 Å². The second-order valence-corrected chi connectivity index (χ2v) is 8.65. The van der Waals surface area contributed by atoms with Crippen molar-refractivity contribution in [2.24, 2.45) is 5.73 Å². The molecule has 9 heteroatoms. The Morgan fingerprint density at radius 3 is 2.90 bits per heavy atom. The van der Waals surface area contributed by atoms with Gasteiger partial charge in [-0.3, -0.25) is 9.78 Å². The standard InChI is InChI=1S/C20H21ClN6OS/c21-18-6-5-17(29-18)14-4-3-13(23)19(25-14)20(28)26-15-10-24-8-7-16(15)27-9-1-2-12(22)11-27/h3-8,10,12H,1-2,9,11,22-23H2,(H,26,28). The molecular formula is C20H21ClN6OS. The van der Waals surface area contributed by atoms with E-state index in [2.05, 4.69) is 20.2 Å². The lowest BCUT2D eigenvalue weighted by molar-refractivity contribution is 0.102. The van der Waals surface area contributed by atoms with E-state index in [4.69, 9.17) is 23.1 Å². The third kappa shape index (κ3) is 4.34. The summed E-state index contributed by atoms with van der Waals surface area (Å²) in [6, 6.07) is 9.12. The number of anilines is 3. The van der Waals surface area contributed by atoms with Crippen LogP contribution >= 0.6 is 22.9 Å². The van der Waals surface area contributed by atoms with Crippen LogP contribution in [0.3, 0.4) is 0 Å². The van der Waals surface area contributed by atoms with Crippen molar-refractivity contribution in [2.45, 2.75) is 18.9 Å². The first-order valence-electron chi connectivity index (χ1n) is 9.29. The molecule has 1 amide bonds. The molecule has 29 heavy (non-hydrogen) atoms. The number of carbonyl (C=O) groups is 1. The molecule has 1 aliphatic heterocycles. The Hall–Kier alpha value is -2.68. The van der Waals surface area contributed by atoms with Crippen LogP contribution in [0.4, 0.5) is 17.1 Å². The van der Waals surface area contributed by atoms with Gasteiger partial charge in [-0.15, -0.1) is 11.3 Å². The zero-order chi connectivity index (χ0) is 20.4. The van der Waals surface area contributed by atoms with Gasteiger partial charge in [0.2, 0.25) is 0 Å². The number of nitrogens with one attached hydrogen (secondary N) is 1. The maximum atomic E-state index is 13.0. The number of amides is 1. The van der Waals surface area contributed by atoms with Gasteiger partial charge in [0.25, 0.3) is 5.91 Å². The number of carbonyl (C=O) groups excluding carboxylic acids is 1. The monoisotopic (exact) mass is 428 g/mol. The van der Waals surface area contributed by atoms with Gasteiger partial charge in [-0.2, -0.15) is 0 Å². The Balaban J connectivity index is 1.60. The molecule has 0 aliphatic carbocycles. The van der Waals surface area contributed by atoms with E-state index in [0.717, 1.165) is 36.5 Å². The Labute approximate surface area is 177 Å². The van der Waals surface area contributed by atoms with E-state index >= 15 is 0 Å². The first-order valence-corrected chi connectivity index (χ1v) is 10.5. The maximum absolute atomic E-state index is 13.0. The fourth-order valence-corrected chi connectivity index (χ4v) is 4.42. The fourth-order valence-electron chi connectivity index (χ4n) is 3.41. The number of thiophene rings is 1. The van der Waals surface area contributed by atoms with E-state index in [1.54, 1.807) is 30.6 Å². The van der Waals surface area contributed by atoms with Crippen molar-refractivity contribution in [1.82, 2.24) is 9.97 Å². The minimum atomic E-state index is -0.387. The maximum Gasteiger partial charge on any atom is 0.276 e. The zero-order valence-electron chi connectivity index (χ0n) is 15.6. The molecule has 1 unspecified atom stereocenters. The number of aromatic nitrogens is 2. The largest absolute Gasteiger partial charge is 0.397 e. The molecule has 4 rings (SSSR count). The van der Waals surface area contributed by atoms with E-state index in [9.17, 15) is 4.79 Å². The van der Waals surface area contributed by atoms with Crippen LogP contribution in [-0.2, 0) is 0 Å². The molecule has 0 aromatic carbocycles. The van der Waals surface area contributed by atoms with Crippen molar-refractivity contribution in [1.29, 1.82) is 0 Å². The number of hydrogen-bond acceptors (Lipinski definition) is 7. The van der Waals surface area contributed by atoms with Crippen LogP contribution in [0.1, 0.15) is 23.3 Å². The van der Waals surface area contributed by atoms with E-state index in [0.29, 0.717) is 21.4 Å². The van der Waals surface area contributed by atoms with Gasteiger partial charge in [0, 0.05) is 25.3 Å². The number of rotatable bonds is 4. The highest BCUT2D eigenvalue weighted by atomic mass is 35.5. The van der Waals surface area contributed by atoms with E-state index in [1.165, 1.54) is 11.3 Å². The molecule has 0 bridgehead atoms.